The molecule has 118 valence electrons. The Hall–Kier alpha value is -1.55. The van der Waals surface area contributed by atoms with E-state index in [0.29, 0.717) is 6.54 Å². The van der Waals surface area contributed by atoms with Crippen LogP contribution in [0.4, 0.5) is 0 Å². The number of hydrogen-bond donors (Lipinski definition) is 1. The molecule has 0 saturated carbocycles. The molecule has 0 spiro atoms. The number of ether oxygens (including phenoxy) is 1. The van der Waals surface area contributed by atoms with Crippen molar-refractivity contribution in [1.29, 1.82) is 0 Å². The Morgan fingerprint density at radius 2 is 2.00 bits per heavy atom. The highest BCUT2D eigenvalue weighted by Crippen LogP contribution is 2.27. The third-order valence-electron chi connectivity index (χ3n) is 3.76. The van der Waals surface area contributed by atoms with Gasteiger partial charge in [0.05, 0.1) is 13.2 Å². The molecule has 1 N–H and O–H groups in total. The smallest absolute Gasteiger partial charge is 0.222 e. The van der Waals surface area contributed by atoms with Crippen LogP contribution in [0.3, 0.4) is 0 Å². The van der Waals surface area contributed by atoms with E-state index in [1.165, 1.54) is 0 Å². The van der Waals surface area contributed by atoms with Crippen molar-refractivity contribution >= 4 is 5.91 Å². The molecule has 0 fully saturated rings. The van der Waals surface area contributed by atoms with Crippen LogP contribution in [0.1, 0.15) is 38.3 Å². The van der Waals surface area contributed by atoms with Crippen molar-refractivity contribution < 1.29 is 9.53 Å². The molecular formula is C17H28N2O2. The second-order valence-electron chi connectivity index (χ2n) is 5.66. The summed E-state index contributed by atoms with van der Waals surface area (Å²) in [5, 5.41) is 3.06. The molecular weight excluding hydrogens is 264 g/mol. The van der Waals surface area contributed by atoms with Crippen LogP contribution in [0.5, 0.6) is 5.75 Å². The summed E-state index contributed by atoms with van der Waals surface area (Å²) in [6.45, 7) is 4.66. The van der Waals surface area contributed by atoms with Gasteiger partial charge in [0.15, 0.2) is 0 Å². The summed E-state index contributed by atoms with van der Waals surface area (Å²) in [7, 11) is 5.70. The Morgan fingerprint density at radius 1 is 1.33 bits per heavy atom. The number of rotatable bonds is 8. The van der Waals surface area contributed by atoms with Gasteiger partial charge in [-0.15, -0.1) is 0 Å². The Kier molecular flexibility index (Phi) is 7.23. The van der Waals surface area contributed by atoms with Gasteiger partial charge in [-0.05, 0) is 26.6 Å². The van der Waals surface area contributed by atoms with Gasteiger partial charge in [-0.1, -0.05) is 38.5 Å². The maximum atomic E-state index is 12.1. The lowest BCUT2D eigenvalue weighted by Crippen LogP contribution is -2.37. The average Bonchev–Trinajstić information content (AvgIpc) is 2.47. The second-order valence-corrected chi connectivity index (χ2v) is 5.66. The van der Waals surface area contributed by atoms with Crippen molar-refractivity contribution in [3.63, 3.8) is 0 Å². The van der Waals surface area contributed by atoms with E-state index in [4.69, 9.17) is 4.74 Å². The summed E-state index contributed by atoms with van der Waals surface area (Å²) in [5.74, 6) is 1.04. The van der Waals surface area contributed by atoms with Gasteiger partial charge >= 0.3 is 0 Å². The van der Waals surface area contributed by atoms with Crippen LogP contribution in [0.2, 0.25) is 0 Å². The molecule has 0 saturated heterocycles. The Bertz CT molecular complexity index is 446. The van der Waals surface area contributed by atoms with Crippen LogP contribution in [0.25, 0.3) is 0 Å². The van der Waals surface area contributed by atoms with Crippen LogP contribution in [-0.2, 0) is 4.79 Å². The molecule has 0 aliphatic carbocycles. The van der Waals surface area contributed by atoms with Gasteiger partial charge in [-0.2, -0.15) is 0 Å². The first-order chi connectivity index (χ1) is 10.0. The van der Waals surface area contributed by atoms with Crippen molar-refractivity contribution in [1.82, 2.24) is 10.2 Å². The summed E-state index contributed by atoms with van der Waals surface area (Å²) in [6, 6.07) is 8.05. The van der Waals surface area contributed by atoms with Crippen molar-refractivity contribution in [3.05, 3.63) is 29.8 Å². The van der Waals surface area contributed by atoms with Crippen LogP contribution in [0, 0.1) is 5.92 Å². The summed E-state index contributed by atoms with van der Waals surface area (Å²) in [6.07, 6.45) is 1.95. The molecule has 4 nitrogen and oxygen atoms in total. The van der Waals surface area contributed by atoms with E-state index < -0.39 is 0 Å². The fourth-order valence-corrected chi connectivity index (χ4v) is 2.45. The molecule has 0 aliphatic heterocycles. The molecule has 1 rings (SSSR count). The first-order valence-electron chi connectivity index (χ1n) is 7.58. The highest BCUT2D eigenvalue weighted by Gasteiger charge is 2.20. The van der Waals surface area contributed by atoms with Crippen LogP contribution < -0.4 is 10.1 Å². The summed E-state index contributed by atoms with van der Waals surface area (Å²) >= 11 is 0. The van der Waals surface area contributed by atoms with Gasteiger partial charge < -0.3 is 15.0 Å². The molecule has 21 heavy (non-hydrogen) atoms. The molecule has 0 heterocycles. The van der Waals surface area contributed by atoms with Gasteiger partial charge in [-0.25, -0.2) is 0 Å². The first kappa shape index (κ1) is 17.5. The molecule has 2 atom stereocenters. The summed E-state index contributed by atoms with van der Waals surface area (Å²) in [4.78, 5) is 14.2. The predicted octanol–water partition coefficient (Wildman–Crippen LogP) is 2.85. The van der Waals surface area contributed by atoms with E-state index in [-0.39, 0.29) is 17.9 Å². The van der Waals surface area contributed by atoms with E-state index in [9.17, 15) is 4.79 Å². The molecule has 1 amide bonds. The number of amides is 1. The number of nitrogens with zero attached hydrogens (tertiary/aromatic N) is 1. The SMILES string of the molecule is CCCC(C)C(=O)NCC(c1ccccc1OC)N(C)C. The number of para-hydroxylation sites is 1. The van der Waals surface area contributed by atoms with E-state index >= 15 is 0 Å². The first-order valence-corrected chi connectivity index (χ1v) is 7.58. The Labute approximate surface area is 128 Å². The number of methoxy groups -OCH3 is 1. The molecule has 0 aliphatic rings. The number of carbonyl (C=O) groups excluding carboxylic acids is 1. The standard InChI is InChI=1S/C17H28N2O2/c1-6-9-13(2)17(20)18-12-15(19(3)4)14-10-7-8-11-16(14)21-5/h7-8,10-11,13,15H,6,9,12H2,1-5H3,(H,18,20). The monoisotopic (exact) mass is 292 g/mol. The van der Waals surface area contributed by atoms with Crippen LogP contribution in [-0.4, -0.2) is 38.6 Å². The predicted molar refractivity (Wildman–Crippen MR) is 86.5 cm³/mol. The highest BCUT2D eigenvalue weighted by molar-refractivity contribution is 5.78. The van der Waals surface area contributed by atoms with Gasteiger partial charge in [0.25, 0.3) is 0 Å². The lowest BCUT2D eigenvalue weighted by atomic mass is 10.0. The molecule has 1 aromatic carbocycles. The second kappa shape index (κ2) is 8.67. The maximum Gasteiger partial charge on any atom is 0.222 e. The Morgan fingerprint density at radius 3 is 2.57 bits per heavy atom. The van der Waals surface area contributed by atoms with E-state index in [0.717, 1.165) is 24.2 Å². The lowest BCUT2D eigenvalue weighted by Gasteiger charge is -2.27. The molecule has 4 heteroatoms. The molecule has 0 bridgehead atoms. The molecule has 0 radical (unpaired) electrons. The average molecular weight is 292 g/mol. The fourth-order valence-electron chi connectivity index (χ4n) is 2.45. The highest BCUT2D eigenvalue weighted by atomic mass is 16.5. The van der Waals surface area contributed by atoms with Gasteiger partial charge in [-0.3, -0.25) is 4.79 Å². The lowest BCUT2D eigenvalue weighted by molar-refractivity contribution is -0.124. The summed E-state index contributed by atoms with van der Waals surface area (Å²) < 4.78 is 5.43. The zero-order valence-corrected chi connectivity index (χ0v) is 13.8. The van der Waals surface area contributed by atoms with Gasteiger partial charge in [0.1, 0.15) is 5.75 Å². The minimum Gasteiger partial charge on any atom is -0.496 e. The number of benzene rings is 1. The quantitative estimate of drug-likeness (QED) is 0.801. The number of hydrogen-bond acceptors (Lipinski definition) is 3. The number of nitrogens with one attached hydrogen (secondary N) is 1. The van der Waals surface area contributed by atoms with Crippen molar-refractivity contribution in [3.8, 4) is 5.75 Å². The zero-order valence-electron chi connectivity index (χ0n) is 13.8. The number of likely N-dealkylation sites (N-methyl/N-ethyl adjacent to an activating group) is 1. The molecule has 0 aromatic heterocycles. The topological polar surface area (TPSA) is 41.6 Å². The van der Waals surface area contributed by atoms with Crippen molar-refractivity contribution in [2.45, 2.75) is 32.7 Å². The van der Waals surface area contributed by atoms with Gasteiger partial charge in [0, 0.05) is 18.0 Å². The third kappa shape index (κ3) is 5.05. The summed E-state index contributed by atoms with van der Waals surface area (Å²) in [5.41, 5.74) is 1.09. The maximum absolute atomic E-state index is 12.1. The van der Waals surface area contributed by atoms with Gasteiger partial charge in [0.2, 0.25) is 5.91 Å². The molecule has 1 aromatic rings. The van der Waals surface area contributed by atoms with E-state index in [2.05, 4.69) is 17.1 Å². The largest absolute Gasteiger partial charge is 0.496 e. The van der Waals surface area contributed by atoms with Crippen molar-refractivity contribution in [2.24, 2.45) is 5.92 Å². The minimum absolute atomic E-state index is 0.0653. The van der Waals surface area contributed by atoms with Crippen LogP contribution in [0.15, 0.2) is 24.3 Å². The van der Waals surface area contributed by atoms with Crippen LogP contribution >= 0.6 is 0 Å². The normalized spacial score (nSPS) is 13.8. The molecule has 2 unspecified atom stereocenters. The van der Waals surface area contributed by atoms with Crippen molar-refractivity contribution in [2.75, 3.05) is 27.7 Å². The zero-order chi connectivity index (χ0) is 15.8. The third-order valence-corrected chi connectivity index (χ3v) is 3.76. The Balaban J connectivity index is 2.77. The fraction of sp³-hybridized carbons (Fsp3) is 0.588. The number of carbonyl (C=O) groups is 1. The minimum atomic E-state index is 0.0653. The van der Waals surface area contributed by atoms with E-state index in [1.807, 2.05) is 45.3 Å². The van der Waals surface area contributed by atoms with E-state index in [1.54, 1.807) is 7.11 Å².